The second-order valence-electron chi connectivity index (χ2n) is 5.09. The molecule has 21 heavy (non-hydrogen) atoms. The summed E-state index contributed by atoms with van der Waals surface area (Å²) in [6, 6.07) is 12.3. The van der Waals surface area contributed by atoms with E-state index in [0.717, 1.165) is 29.5 Å². The normalized spacial score (nSPS) is 17.2. The summed E-state index contributed by atoms with van der Waals surface area (Å²) in [5.41, 5.74) is 3.74. The van der Waals surface area contributed by atoms with Crippen LogP contribution >= 0.6 is 11.6 Å². The molecule has 1 aliphatic heterocycles. The highest BCUT2D eigenvalue weighted by atomic mass is 35.5. The van der Waals surface area contributed by atoms with Gasteiger partial charge in [0.15, 0.2) is 11.5 Å². The summed E-state index contributed by atoms with van der Waals surface area (Å²) in [5.74, 6) is 1.55. The summed E-state index contributed by atoms with van der Waals surface area (Å²) in [5, 5.41) is 4.31. The van der Waals surface area contributed by atoms with E-state index in [9.17, 15) is 0 Å². The van der Waals surface area contributed by atoms with Gasteiger partial charge in [0.05, 0.1) is 20.3 Å². The van der Waals surface area contributed by atoms with Crippen LogP contribution in [0.5, 0.6) is 11.5 Å². The zero-order chi connectivity index (χ0) is 14.8. The molecular weight excluding hydrogens is 286 g/mol. The van der Waals surface area contributed by atoms with Gasteiger partial charge >= 0.3 is 0 Å². The molecule has 0 bridgehead atoms. The Hall–Kier alpha value is -1.71. The Morgan fingerprint density at radius 1 is 1.05 bits per heavy atom. The molecule has 2 aromatic carbocycles. The molecule has 0 fully saturated rings. The Morgan fingerprint density at radius 2 is 1.71 bits per heavy atom. The molecular formula is C17H18ClNO2. The SMILES string of the molecule is COc1cc2c(cc1OC)C(c1ccc(Cl)cc1)NCC2. The summed E-state index contributed by atoms with van der Waals surface area (Å²) in [6.07, 6.45) is 0.986. The van der Waals surface area contributed by atoms with Crippen LogP contribution in [0.1, 0.15) is 22.7 Å². The summed E-state index contributed by atoms with van der Waals surface area (Å²) >= 11 is 5.98. The molecule has 0 saturated heterocycles. The second-order valence-corrected chi connectivity index (χ2v) is 5.53. The maximum atomic E-state index is 5.98. The molecule has 2 aromatic rings. The predicted octanol–water partition coefficient (Wildman–Crippen LogP) is 3.59. The number of ether oxygens (including phenoxy) is 2. The van der Waals surface area contributed by atoms with Crippen LogP contribution in [0.2, 0.25) is 5.02 Å². The smallest absolute Gasteiger partial charge is 0.161 e. The molecule has 0 aromatic heterocycles. The first-order valence-electron chi connectivity index (χ1n) is 6.96. The first-order valence-corrected chi connectivity index (χ1v) is 7.34. The van der Waals surface area contributed by atoms with Gasteiger partial charge in [-0.05, 0) is 47.4 Å². The Bertz CT molecular complexity index is 640. The van der Waals surface area contributed by atoms with Crippen molar-refractivity contribution in [2.24, 2.45) is 0 Å². The minimum atomic E-state index is 0.158. The molecule has 1 N–H and O–H groups in total. The molecule has 0 radical (unpaired) electrons. The Labute approximate surface area is 129 Å². The molecule has 0 aliphatic carbocycles. The highest BCUT2D eigenvalue weighted by Gasteiger charge is 2.23. The van der Waals surface area contributed by atoms with E-state index >= 15 is 0 Å². The minimum Gasteiger partial charge on any atom is -0.493 e. The maximum Gasteiger partial charge on any atom is 0.161 e. The van der Waals surface area contributed by atoms with Crippen LogP contribution in [0.15, 0.2) is 36.4 Å². The molecule has 0 amide bonds. The maximum absolute atomic E-state index is 5.98. The van der Waals surface area contributed by atoms with Gasteiger partial charge in [-0.25, -0.2) is 0 Å². The summed E-state index contributed by atoms with van der Waals surface area (Å²) in [7, 11) is 3.33. The number of methoxy groups -OCH3 is 2. The third-order valence-electron chi connectivity index (χ3n) is 3.90. The molecule has 0 spiro atoms. The molecule has 3 nitrogen and oxygen atoms in total. The molecule has 3 rings (SSSR count). The van der Waals surface area contributed by atoms with Crippen LogP contribution < -0.4 is 14.8 Å². The average Bonchev–Trinajstić information content (AvgIpc) is 2.53. The highest BCUT2D eigenvalue weighted by Crippen LogP contribution is 2.37. The van der Waals surface area contributed by atoms with E-state index in [4.69, 9.17) is 21.1 Å². The molecule has 1 heterocycles. The van der Waals surface area contributed by atoms with E-state index in [1.165, 1.54) is 16.7 Å². The predicted molar refractivity (Wildman–Crippen MR) is 84.5 cm³/mol. The largest absolute Gasteiger partial charge is 0.493 e. The van der Waals surface area contributed by atoms with Gasteiger partial charge in [0.25, 0.3) is 0 Å². The van der Waals surface area contributed by atoms with E-state index in [0.29, 0.717) is 0 Å². The first kappa shape index (κ1) is 14.2. The molecule has 1 unspecified atom stereocenters. The highest BCUT2D eigenvalue weighted by molar-refractivity contribution is 6.30. The van der Waals surface area contributed by atoms with Crippen LogP contribution in [0, 0.1) is 0 Å². The number of halogens is 1. The standard InChI is InChI=1S/C17H18ClNO2/c1-20-15-9-12-7-8-19-17(14(12)10-16(15)21-2)11-3-5-13(18)6-4-11/h3-6,9-10,17,19H,7-8H2,1-2H3. The first-order chi connectivity index (χ1) is 10.2. The topological polar surface area (TPSA) is 30.5 Å². The van der Waals surface area contributed by atoms with Gasteiger partial charge in [-0.1, -0.05) is 23.7 Å². The number of hydrogen-bond acceptors (Lipinski definition) is 3. The van der Waals surface area contributed by atoms with Crippen LogP contribution in [-0.4, -0.2) is 20.8 Å². The number of fused-ring (bicyclic) bond motifs is 1. The zero-order valence-electron chi connectivity index (χ0n) is 12.2. The summed E-state index contributed by atoms with van der Waals surface area (Å²) < 4.78 is 10.8. The summed E-state index contributed by atoms with van der Waals surface area (Å²) in [6.45, 7) is 0.940. The average molecular weight is 304 g/mol. The van der Waals surface area contributed by atoms with E-state index in [1.54, 1.807) is 14.2 Å². The Morgan fingerprint density at radius 3 is 2.38 bits per heavy atom. The van der Waals surface area contributed by atoms with E-state index < -0.39 is 0 Å². The van der Waals surface area contributed by atoms with E-state index in [1.807, 2.05) is 12.1 Å². The van der Waals surface area contributed by atoms with Crippen LogP contribution in [0.25, 0.3) is 0 Å². The fourth-order valence-corrected chi connectivity index (χ4v) is 2.96. The van der Waals surface area contributed by atoms with Crippen molar-refractivity contribution < 1.29 is 9.47 Å². The molecule has 0 saturated carbocycles. The fraction of sp³-hybridized carbons (Fsp3) is 0.294. The van der Waals surface area contributed by atoms with Crippen molar-refractivity contribution >= 4 is 11.6 Å². The lowest BCUT2D eigenvalue weighted by Gasteiger charge is -2.28. The monoisotopic (exact) mass is 303 g/mol. The van der Waals surface area contributed by atoms with Crippen LogP contribution in [0.3, 0.4) is 0 Å². The van der Waals surface area contributed by atoms with Gasteiger partial charge in [-0.2, -0.15) is 0 Å². The lowest BCUT2D eigenvalue weighted by atomic mass is 9.89. The number of benzene rings is 2. The van der Waals surface area contributed by atoms with Gasteiger partial charge in [-0.3, -0.25) is 0 Å². The lowest BCUT2D eigenvalue weighted by Crippen LogP contribution is -2.30. The van der Waals surface area contributed by atoms with E-state index in [2.05, 4.69) is 29.6 Å². The van der Waals surface area contributed by atoms with Crippen LogP contribution in [-0.2, 0) is 6.42 Å². The van der Waals surface area contributed by atoms with Crippen molar-refractivity contribution in [1.29, 1.82) is 0 Å². The summed E-state index contributed by atoms with van der Waals surface area (Å²) in [4.78, 5) is 0. The van der Waals surface area contributed by atoms with Crippen molar-refractivity contribution in [1.82, 2.24) is 5.32 Å². The molecule has 1 atom stereocenters. The van der Waals surface area contributed by atoms with Gasteiger partial charge in [0.1, 0.15) is 0 Å². The van der Waals surface area contributed by atoms with Gasteiger partial charge in [-0.15, -0.1) is 0 Å². The van der Waals surface area contributed by atoms with Gasteiger partial charge in [0, 0.05) is 11.6 Å². The van der Waals surface area contributed by atoms with Crippen molar-refractivity contribution in [3.05, 3.63) is 58.1 Å². The van der Waals surface area contributed by atoms with Crippen LogP contribution in [0.4, 0.5) is 0 Å². The third-order valence-corrected chi connectivity index (χ3v) is 4.15. The Kier molecular flexibility index (Phi) is 4.04. The lowest BCUT2D eigenvalue weighted by molar-refractivity contribution is 0.353. The number of nitrogens with one attached hydrogen (secondary N) is 1. The quantitative estimate of drug-likeness (QED) is 0.940. The van der Waals surface area contributed by atoms with Crippen molar-refractivity contribution in [3.63, 3.8) is 0 Å². The van der Waals surface area contributed by atoms with Gasteiger partial charge in [0.2, 0.25) is 0 Å². The number of rotatable bonds is 3. The number of hydrogen-bond donors (Lipinski definition) is 1. The molecule has 4 heteroatoms. The second kappa shape index (κ2) is 5.96. The van der Waals surface area contributed by atoms with Crippen molar-refractivity contribution in [2.45, 2.75) is 12.5 Å². The fourth-order valence-electron chi connectivity index (χ4n) is 2.84. The van der Waals surface area contributed by atoms with Gasteiger partial charge < -0.3 is 14.8 Å². The molecule has 110 valence electrons. The third kappa shape index (κ3) is 2.71. The Balaban J connectivity index is 2.06. The van der Waals surface area contributed by atoms with Crippen molar-refractivity contribution in [2.75, 3.05) is 20.8 Å². The van der Waals surface area contributed by atoms with E-state index in [-0.39, 0.29) is 6.04 Å². The zero-order valence-corrected chi connectivity index (χ0v) is 12.9. The molecule has 1 aliphatic rings. The minimum absolute atomic E-state index is 0.158. The van der Waals surface area contributed by atoms with Crippen molar-refractivity contribution in [3.8, 4) is 11.5 Å².